The van der Waals surface area contributed by atoms with Gasteiger partial charge in [0.05, 0.1) is 96.1 Å². The van der Waals surface area contributed by atoms with Gasteiger partial charge in [-0.2, -0.15) is 10.2 Å². The summed E-state index contributed by atoms with van der Waals surface area (Å²) in [6.45, 7) is 0. The van der Waals surface area contributed by atoms with Crippen molar-refractivity contribution < 1.29 is 4.74 Å². The Morgan fingerprint density at radius 1 is 0.393 bits per heavy atom. The lowest BCUT2D eigenvalue weighted by atomic mass is 9.34. The number of benzene rings is 10. The molecule has 4 atom stereocenters. The third-order valence-corrected chi connectivity index (χ3v) is 22.7. The van der Waals surface area contributed by atoms with E-state index in [0.29, 0.717) is 123 Å². The lowest BCUT2D eigenvalue weighted by Gasteiger charge is -2.64. The number of nitrogens with one attached hydrogen (secondary N) is 3. The molecule has 0 radical (unpaired) electrons. The summed E-state index contributed by atoms with van der Waals surface area (Å²) in [5.41, 5.74) is 7.89. The average Bonchev–Trinajstić information content (AvgIpc) is 1.30. The van der Waals surface area contributed by atoms with Crippen molar-refractivity contribution in [3.05, 3.63) is 349 Å². The molecule has 9 aromatic heterocycles. The van der Waals surface area contributed by atoms with E-state index in [9.17, 15) is 0 Å². The summed E-state index contributed by atoms with van der Waals surface area (Å²) in [4.78, 5) is 75.6. The third-order valence-electron chi connectivity index (χ3n) is 21.6. The number of pyridine rings is 3. The van der Waals surface area contributed by atoms with E-state index >= 15 is 0 Å². The molecule has 18 nitrogen and oxygen atoms in total. The topological polar surface area (TPSA) is 230 Å². The SMILES string of the molecule is c1ccc2c(c1)Nc1c(cccc1C1=C(c3cccc4c3Nc3ccccc3S4)C(c3ncc4ccccc4n3)(c3cccc4nc5ccccc5nc34)C(c3ccc4ncccc4n3)(c3nc4ncccc4[nH]3)C(c3ncc4nccnc4n3)(c3cccc4ccccc34)C1c1nncc3ccccc13)O2. The Kier molecular flexibility index (Phi) is 13.2. The van der Waals surface area contributed by atoms with Crippen LogP contribution in [0.3, 0.4) is 0 Å². The van der Waals surface area contributed by atoms with Crippen LogP contribution < -0.4 is 15.4 Å². The van der Waals surface area contributed by atoms with Crippen LogP contribution in [0.25, 0.3) is 99.0 Å². The van der Waals surface area contributed by atoms with Crippen LogP contribution >= 0.6 is 11.8 Å². The minimum absolute atomic E-state index is 0.263. The predicted octanol–water partition coefficient (Wildman–Crippen LogP) is 18.5. The Hall–Kier alpha value is -14.2. The monoisotopic (exact) mass is 1400 g/mol. The van der Waals surface area contributed by atoms with Crippen molar-refractivity contribution in [2.24, 2.45) is 0 Å². The number of imidazole rings is 1. The molecule has 10 aromatic carbocycles. The number of ether oxygens (including phenoxy) is 1. The van der Waals surface area contributed by atoms with Gasteiger partial charge in [-0.25, -0.2) is 49.8 Å². The summed E-state index contributed by atoms with van der Waals surface area (Å²) in [6.07, 6.45) is 12.5. The molecule has 0 saturated carbocycles. The molecule has 1 aliphatic carbocycles. The lowest BCUT2D eigenvalue weighted by molar-refractivity contribution is 0.177. The van der Waals surface area contributed by atoms with E-state index in [-0.39, 0.29) is 5.82 Å². The number of aromatic amines is 1. The van der Waals surface area contributed by atoms with E-state index in [1.54, 1.807) is 42.7 Å². The molecular weight excluding hydrogens is 1340 g/mol. The van der Waals surface area contributed by atoms with E-state index in [1.165, 1.54) is 0 Å². The van der Waals surface area contributed by atoms with Gasteiger partial charge in [0.25, 0.3) is 0 Å². The Labute approximate surface area is 613 Å². The van der Waals surface area contributed by atoms with E-state index in [0.717, 1.165) is 64.9 Å². The maximum absolute atomic E-state index is 7.29. The Morgan fingerprint density at radius 3 is 1.98 bits per heavy atom. The third kappa shape index (κ3) is 8.70. The molecule has 2 aliphatic heterocycles. The molecule has 3 N–H and O–H groups in total. The lowest BCUT2D eigenvalue weighted by Crippen LogP contribution is -2.70. The number of anilines is 4. The van der Waals surface area contributed by atoms with Gasteiger partial charge in [-0.05, 0) is 130 Å². The summed E-state index contributed by atoms with van der Waals surface area (Å²) < 4.78 is 7.29. The number of para-hydroxylation sites is 9. The molecule has 19 heteroatoms. The fourth-order valence-corrected chi connectivity index (χ4v) is 18.5. The molecule has 11 heterocycles. The summed E-state index contributed by atoms with van der Waals surface area (Å²) in [5, 5.41) is 23.3. The van der Waals surface area contributed by atoms with Gasteiger partial charge in [0.2, 0.25) is 0 Å². The van der Waals surface area contributed by atoms with Crippen LogP contribution in [0.2, 0.25) is 0 Å². The molecule has 0 bridgehead atoms. The number of hydrogen-bond acceptors (Lipinski definition) is 18. The second-order valence-corrected chi connectivity index (χ2v) is 28.1. The zero-order valence-electron chi connectivity index (χ0n) is 56.4. The van der Waals surface area contributed by atoms with Gasteiger partial charge in [-0.1, -0.05) is 169 Å². The average molecular weight is 1400 g/mol. The smallest absolute Gasteiger partial charge is 0.181 e. The van der Waals surface area contributed by atoms with Crippen LogP contribution in [0.4, 0.5) is 22.7 Å². The van der Waals surface area contributed by atoms with Crippen molar-refractivity contribution in [3.8, 4) is 11.5 Å². The first kappa shape index (κ1) is 60.4. The fourth-order valence-electron chi connectivity index (χ4n) is 17.5. The number of aromatic nitrogens is 15. The molecule has 4 unspecified atom stereocenters. The molecule has 22 rings (SSSR count). The Bertz CT molecular complexity index is 6970. The fraction of sp³-hybridized carbons (Fsp3) is 0.0455. The molecule has 107 heavy (non-hydrogen) atoms. The highest BCUT2D eigenvalue weighted by molar-refractivity contribution is 7.99. The van der Waals surface area contributed by atoms with Crippen molar-refractivity contribution in [3.63, 3.8) is 0 Å². The molecule has 0 spiro atoms. The zero-order chi connectivity index (χ0) is 70.4. The Morgan fingerprint density at radius 2 is 1.06 bits per heavy atom. The second-order valence-electron chi connectivity index (χ2n) is 27.0. The molecule has 502 valence electrons. The maximum Gasteiger partial charge on any atom is 0.181 e. The van der Waals surface area contributed by atoms with Crippen molar-refractivity contribution >= 4 is 134 Å². The zero-order valence-corrected chi connectivity index (χ0v) is 57.3. The van der Waals surface area contributed by atoms with Crippen LogP contribution in [-0.2, 0) is 16.2 Å². The van der Waals surface area contributed by atoms with Gasteiger partial charge in [0.15, 0.2) is 22.8 Å². The number of allylic oxidation sites excluding steroid dienone is 2. The van der Waals surface area contributed by atoms with Crippen molar-refractivity contribution in [2.75, 3.05) is 10.6 Å². The minimum Gasteiger partial charge on any atom is -0.453 e. The predicted molar refractivity (Wildman–Crippen MR) is 417 cm³/mol. The van der Waals surface area contributed by atoms with Gasteiger partial charge >= 0.3 is 0 Å². The van der Waals surface area contributed by atoms with Crippen LogP contribution in [0.1, 0.15) is 57.0 Å². The standard InChI is InChI=1S/C88H53N17OS/c1-4-23-53-50(19-1)22-13-27-57(53)86(84-94-49-68-82(103-84)92-46-45-90-68)76(79-54-24-5-2-20-51(54)48-95-105-79)74(55-25-14-38-70-77(55)99-64-32-9-11-37-69(64)106-70)75(56-26-15-40-72-78(56)100-65-33-10-12-39-71(65)107-72)87(83-93-47-52-21-3-6-29-59(52)101-83,58-28-16-34-66-80(58)98-63-31-8-7-30-62(63)96-66)88(86,85-102-67-36-18-44-91-81(67)104-85)73-42-41-60-61(97-73)35-17-43-89-60/h1-49,76,99-100H,(H,91,102,104). The molecule has 0 amide bonds. The molecule has 0 fully saturated rings. The summed E-state index contributed by atoms with van der Waals surface area (Å²) >= 11 is 1.69. The van der Waals surface area contributed by atoms with Gasteiger partial charge in [0, 0.05) is 74.0 Å². The summed E-state index contributed by atoms with van der Waals surface area (Å²) in [6, 6.07) is 87.1. The quantitative estimate of drug-likeness (QED) is 0.114. The van der Waals surface area contributed by atoms with E-state index < -0.39 is 22.2 Å². The van der Waals surface area contributed by atoms with Crippen LogP contribution in [-0.4, -0.2) is 75.0 Å². The molecule has 3 aliphatic rings. The first-order valence-electron chi connectivity index (χ1n) is 35.1. The van der Waals surface area contributed by atoms with Gasteiger partial charge < -0.3 is 20.4 Å². The van der Waals surface area contributed by atoms with Gasteiger partial charge in [0.1, 0.15) is 33.8 Å². The van der Waals surface area contributed by atoms with Crippen LogP contribution in [0, 0.1) is 0 Å². The minimum atomic E-state index is -2.18. The van der Waals surface area contributed by atoms with Crippen molar-refractivity contribution in [2.45, 2.75) is 32.0 Å². The van der Waals surface area contributed by atoms with Crippen LogP contribution in [0.5, 0.6) is 11.5 Å². The molecular formula is C88H53N17OS. The second kappa shape index (κ2) is 23.4. The number of H-pyrrole nitrogens is 1. The largest absolute Gasteiger partial charge is 0.453 e. The Balaban J connectivity index is 1.13. The highest BCUT2D eigenvalue weighted by Gasteiger charge is 2.80. The van der Waals surface area contributed by atoms with E-state index in [4.69, 9.17) is 74.7 Å². The van der Waals surface area contributed by atoms with Gasteiger partial charge in [-0.15, -0.1) is 0 Å². The summed E-state index contributed by atoms with van der Waals surface area (Å²) in [7, 11) is 0. The highest BCUT2D eigenvalue weighted by atomic mass is 32.2. The normalized spacial score (nSPS) is 18.1. The van der Waals surface area contributed by atoms with E-state index in [1.807, 2.05) is 128 Å². The van der Waals surface area contributed by atoms with E-state index in [2.05, 4.69) is 155 Å². The number of rotatable bonds is 9. The van der Waals surface area contributed by atoms with Crippen LogP contribution in [0.15, 0.2) is 308 Å². The molecule has 19 aromatic rings. The first-order valence-corrected chi connectivity index (χ1v) is 36.0. The highest BCUT2D eigenvalue weighted by Crippen LogP contribution is 2.78. The molecule has 0 saturated heterocycles. The number of fused-ring (bicyclic) bond motifs is 12. The maximum atomic E-state index is 7.29. The number of nitrogens with zero attached hydrogens (tertiary/aromatic N) is 14. The van der Waals surface area contributed by atoms with Gasteiger partial charge in [-0.3, -0.25) is 9.97 Å². The number of hydrogen-bond donors (Lipinski definition) is 3. The van der Waals surface area contributed by atoms with Crippen molar-refractivity contribution in [1.82, 2.24) is 75.0 Å². The first-order chi connectivity index (χ1) is 53.0. The van der Waals surface area contributed by atoms with Crippen molar-refractivity contribution in [1.29, 1.82) is 0 Å². The summed E-state index contributed by atoms with van der Waals surface area (Å²) in [5.74, 6) is 0.899.